The standard InChI is InChI=1S/C14H16Cl2N2O/c1-14(6-8-19-9-14)18-11-4-2-3-10(16)13(11)17-12(18)5-7-15/h2-4H,5-9H2,1H3. The van der Waals surface area contributed by atoms with Crippen LogP contribution in [0.15, 0.2) is 18.2 Å². The molecule has 1 saturated heterocycles. The van der Waals surface area contributed by atoms with Crippen molar-refractivity contribution in [1.29, 1.82) is 0 Å². The highest BCUT2D eigenvalue weighted by atomic mass is 35.5. The predicted molar refractivity (Wildman–Crippen MR) is 78.3 cm³/mol. The first-order valence-corrected chi connectivity index (χ1v) is 7.37. The van der Waals surface area contributed by atoms with E-state index in [0.29, 0.717) is 17.5 Å². The van der Waals surface area contributed by atoms with Crippen molar-refractivity contribution in [3.63, 3.8) is 0 Å². The molecule has 2 aromatic rings. The summed E-state index contributed by atoms with van der Waals surface area (Å²) in [6.45, 7) is 3.71. The van der Waals surface area contributed by atoms with Crippen LogP contribution in [0.1, 0.15) is 19.2 Å². The topological polar surface area (TPSA) is 27.1 Å². The molecular formula is C14H16Cl2N2O. The number of fused-ring (bicyclic) bond motifs is 1. The van der Waals surface area contributed by atoms with E-state index in [9.17, 15) is 0 Å². The van der Waals surface area contributed by atoms with Crippen molar-refractivity contribution < 1.29 is 4.74 Å². The van der Waals surface area contributed by atoms with Gasteiger partial charge < -0.3 is 9.30 Å². The second kappa shape index (κ2) is 4.97. The van der Waals surface area contributed by atoms with Crippen molar-refractivity contribution in [2.75, 3.05) is 19.1 Å². The SMILES string of the molecule is CC1(n2c(CCCl)nc3c(Cl)cccc32)CCOC1. The third kappa shape index (κ3) is 2.14. The number of nitrogens with zero attached hydrogens (tertiary/aromatic N) is 2. The molecule has 1 unspecified atom stereocenters. The molecule has 2 heterocycles. The Morgan fingerprint density at radius 3 is 3.00 bits per heavy atom. The minimum absolute atomic E-state index is 0.0547. The van der Waals surface area contributed by atoms with Crippen LogP contribution in [0.3, 0.4) is 0 Å². The number of benzene rings is 1. The van der Waals surface area contributed by atoms with Gasteiger partial charge in [0, 0.05) is 18.9 Å². The van der Waals surface area contributed by atoms with Crippen LogP contribution in [-0.2, 0) is 16.7 Å². The lowest BCUT2D eigenvalue weighted by molar-refractivity contribution is 0.162. The quantitative estimate of drug-likeness (QED) is 0.810. The molecule has 0 amide bonds. The monoisotopic (exact) mass is 298 g/mol. The van der Waals surface area contributed by atoms with Crippen LogP contribution in [0.2, 0.25) is 5.02 Å². The smallest absolute Gasteiger partial charge is 0.111 e. The number of hydrogen-bond donors (Lipinski definition) is 0. The van der Waals surface area contributed by atoms with Gasteiger partial charge in [0.05, 0.1) is 22.7 Å². The van der Waals surface area contributed by atoms with Crippen LogP contribution in [0.4, 0.5) is 0 Å². The summed E-state index contributed by atoms with van der Waals surface area (Å²) in [4.78, 5) is 4.68. The van der Waals surface area contributed by atoms with Gasteiger partial charge in [-0.1, -0.05) is 17.7 Å². The van der Waals surface area contributed by atoms with Crippen LogP contribution in [0, 0.1) is 0 Å². The minimum Gasteiger partial charge on any atom is -0.379 e. The Labute approximate surface area is 122 Å². The maximum atomic E-state index is 6.25. The fraction of sp³-hybridized carbons (Fsp3) is 0.500. The normalized spacial score (nSPS) is 23.3. The van der Waals surface area contributed by atoms with Gasteiger partial charge in [0.1, 0.15) is 11.3 Å². The Bertz CT molecular complexity index is 603. The molecule has 1 aromatic heterocycles. The van der Waals surface area contributed by atoms with Crippen molar-refractivity contribution in [1.82, 2.24) is 9.55 Å². The molecule has 1 atom stereocenters. The molecule has 3 nitrogen and oxygen atoms in total. The molecular weight excluding hydrogens is 283 g/mol. The molecule has 0 radical (unpaired) electrons. The fourth-order valence-electron chi connectivity index (χ4n) is 2.80. The molecule has 0 saturated carbocycles. The minimum atomic E-state index is -0.0547. The fourth-order valence-corrected chi connectivity index (χ4v) is 3.18. The number of ether oxygens (including phenoxy) is 1. The Kier molecular flexibility index (Phi) is 3.46. The summed E-state index contributed by atoms with van der Waals surface area (Å²) in [5, 5.41) is 0.689. The molecule has 1 aromatic carbocycles. The van der Waals surface area contributed by atoms with Crippen molar-refractivity contribution >= 4 is 34.2 Å². The van der Waals surface area contributed by atoms with Gasteiger partial charge in [0.25, 0.3) is 0 Å². The van der Waals surface area contributed by atoms with E-state index in [1.54, 1.807) is 0 Å². The zero-order valence-electron chi connectivity index (χ0n) is 10.8. The lowest BCUT2D eigenvalue weighted by atomic mass is 10.0. The highest BCUT2D eigenvalue weighted by Gasteiger charge is 2.35. The first-order chi connectivity index (χ1) is 9.15. The summed E-state index contributed by atoms with van der Waals surface area (Å²) < 4.78 is 7.85. The second-order valence-corrected chi connectivity index (χ2v) is 5.99. The van der Waals surface area contributed by atoms with E-state index in [0.717, 1.165) is 36.3 Å². The molecule has 0 aliphatic carbocycles. The van der Waals surface area contributed by atoms with Gasteiger partial charge in [0.2, 0.25) is 0 Å². The van der Waals surface area contributed by atoms with Gasteiger partial charge in [-0.3, -0.25) is 0 Å². The van der Waals surface area contributed by atoms with Crippen LogP contribution >= 0.6 is 23.2 Å². The van der Waals surface area contributed by atoms with E-state index in [2.05, 4.69) is 22.5 Å². The van der Waals surface area contributed by atoms with Crippen molar-refractivity contribution in [3.8, 4) is 0 Å². The molecule has 19 heavy (non-hydrogen) atoms. The van der Waals surface area contributed by atoms with Crippen LogP contribution in [-0.4, -0.2) is 28.6 Å². The summed E-state index contributed by atoms with van der Waals surface area (Å²) in [6, 6.07) is 5.90. The first-order valence-electron chi connectivity index (χ1n) is 6.46. The van der Waals surface area contributed by atoms with Gasteiger partial charge in [-0.15, -0.1) is 11.6 Å². The Hall–Kier alpha value is -0.770. The zero-order valence-corrected chi connectivity index (χ0v) is 12.3. The van der Waals surface area contributed by atoms with E-state index in [4.69, 9.17) is 27.9 Å². The van der Waals surface area contributed by atoms with Crippen LogP contribution in [0.5, 0.6) is 0 Å². The number of hydrogen-bond acceptors (Lipinski definition) is 2. The lowest BCUT2D eigenvalue weighted by Crippen LogP contribution is -2.32. The van der Waals surface area contributed by atoms with Crippen LogP contribution in [0.25, 0.3) is 11.0 Å². The number of alkyl halides is 1. The number of aryl methyl sites for hydroxylation is 1. The van der Waals surface area contributed by atoms with Gasteiger partial charge >= 0.3 is 0 Å². The Morgan fingerprint density at radius 2 is 2.32 bits per heavy atom. The van der Waals surface area contributed by atoms with Gasteiger partial charge in [-0.05, 0) is 25.5 Å². The summed E-state index contributed by atoms with van der Waals surface area (Å²) >= 11 is 12.2. The van der Waals surface area contributed by atoms with Crippen molar-refractivity contribution in [3.05, 3.63) is 29.0 Å². The van der Waals surface area contributed by atoms with E-state index < -0.39 is 0 Å². The molecule has 0 spiro atoms. The average Bonchev–Trinajstić information content (AvgIpc) is 2.95. The highest BCUT2D eigenvalue weighted by molar-refractivity contribution is 6.34. The Balaban J connectivity index is 2.25. The summed E-state index contributed by atoms with van der Waals surface area (Å²) in [5.74, 6) is 1.55. The number of aromatic nitrogens is 2. The third-order valence-corrected chi connectivity index (χ3v) is 4.26. The molecule has 102 valence electrons. The number of para-hydroxylation sites is 1. The van der Waals surface area contributed by atoms with Gasteiger partial charge in [-0.2, -0.15) is 0 Å². The van der Waals surface area contributed by atoms with E-state index >= 15 is 0 Å². The van der Waals surface area contributed by atoms with Crippen molar-refractivity contribution in [2.24, 2.45) is 0 Å². The number of rotatable bonds is 3. The molecule has 3 rings (SSSR count). The maximum Gasteiger partial charge on any atom is 0.111 e. The predicted octanol–water partition coefficient (Wildman–Crippen LogP) is 3.61. The molecule has 0 N–H and O–H groups in total. The van der Waals surface area contributed by atoms with E-state index in [1.165, 1.54) is 0 Å². The van der Waals surface area contributed by atoms with Crippen LogP contribution < -0.4 is 0 Å². The van der Waals surface area contributed by atoms with Gasteiger partial charge in [-0.25, -0.2) is 4.98 Å². The average molecular weight is 299 g/mol. The molecule has 1 aliphatic heterocycles. The zero-order chi connectivity index (χ0) is 13.5. The molecule has 5 heteroatoms. The highest BCUT2D eigenvalue weighted by Crippen LogP contribution is 2.34. The third-order valence-electron chi connectivity index (χ3n) is 3.76. The van der Waals surface area contributed by atoms with Gasteiger partial charge in [0.15, 0.2) is 0 Å². The second-order valence-electron chi connectivity index (χ2n) is 5.21. The maximum absolute atomic E-state index is 6.25. The number of halogens is 2. The Morgan fingerprint density at radius 1 is 1.47 bits per heavy atom. The number of imidazole rings is 1. The summed E-state index contributed by atoms with van der Waals surface area (Å²) in [5.41, 5.74) is 1.87. The van der Waals surface area contributed by atoms with Crippen molar-refractivity contribution in [2.45, 2.75) is 25.3 Å². The van der Waals surface area contributed by atoms with E-state index in [1.807, 2.05) is 12.1 Å². The summed E-state index contributed by atoms with van der Waals surface area (Å²) in [7, 11) is 0. The van der Waals surface area contributed by atoms with E-state index in [-0.39, 0.29) is 5.54 Å². The summed E-state index contributed by atoms with van der Waals surface area (Å²) in [6.07, 6.45) is 1.72. The molecule has 1 aliphatic rings. The molecule has 0 bridgehead atoms. The molecule has 1 fully saturated rings. The lowest BCUT2D eigenvalue weighted by Gasteiger charge is -2.27. The largest absolute Gasteiger partial charge is 0.379 e. The first kappa shape index (κ1) is 13.2.